The van der Waals surface area contributed by atoms with E-state index in [0.717, 1.165) is 33.8 Å². The molecule has 39 heavy (non-hydrogen) atoms. The summed E-state index contributed by atoms with van der Waals surface area (Å²) in [5.74, 6) is 1.88. The molecule has 6 heteroatoms. The molecule has 186 valence electrons. The molecule has 7 rings (SSSR count). The van der Waals surface area contributed by atoms with Crippen molar-refractivity contribution in [3.8, 4) is 51.2 Å². The normalized spacial score (nSPS) is 11.1. The number of aromatic nitrogens is 6. The van der Waals surface area contributed by atoms with E-state index in [0.29, 0.717) is 17.5 Å². The van der Waals surface area contributed by atoms with Crippen molar-refractivity contribution in [2.45, 2.75) is 0 Å². The van der Waals surface area contributed by atoms with Crippen molar-refractivity contribution in [1.82, 2.24) is 28.7 Å². The van der Waals surface area contributed by atoms with Crippen LogP contribution in [0.4, 0.5) is 0 Å². The topological polar surface area (TPSA) is 53.5 Å². The lowest BCUT2D eigenvalue weighted by molar-refractivity contribution is 1.05. The summed E-state index contributed by atoms with van der Waals surface area (Å²) >= 11 is 0. The molecule has 0 unspecified atom stereocenters. The molecule has 0 N–H and O–H groups in total. The molecule has 0 fully saturated rings. The van der Waals surface area contributed by atoms with Crippen LogP contribution in [0.25, 0.3) is 51.2 Å². The molecule has 6 nitrogen and oxygen atoms in total. The second kappa shape index (κ2) is 9.76. The molecule has 4 aromatic heterocycles. The molecule has 0 saturated heterocycles. The quantitative estimate of drug-likeness (QED) is 0.240. The minimum atomic E-state index is 0.627. The van der Waals surface area contributed by atoms with Crippen LogP contribution in [0.2, 0.25) is 0 Å². The van der Waals surface area contributed by atoms with E-state index in [-0.39, 0.29) is 0 Å². The van der Waals surface area contributed by atoms with E-state index in [9.17, 15) is 0 Å². The molecule has 7 aromatic rings. The summed E-state index contributed by atoms with van der Waals surface area (Å²) in [5, 5.41) is 0. The molecular formula is C33H24N6. The third kappa shape index (κ3) is 4.55. The van der Waals surface area contributed by atoms with E-state index in [1.165, 1.54) is 0 Å². The fourth-order valence-electron chi connectivity index (χ4n) is 4.70. The SMILES string of the molecule is c1cc(-c2nc(-c3cccc(-n4cccc4)c3)nc(-c3cccc(-n4cccc4)c3)n2)cc(-n2cccc2)c1. The van der Waals surface area contributed by atoms with E-state index in [1.807, 2.05) is 110 Å². The molecule has 0 amide bonds. The van der Waals surface area contributed by atoms with Gasteiger partial charge in [-0.05, 0) is 72.8 Å². The molecular weight excluding hydrogens is 480 g/mol. The maximum atomic E-state index is 4.97. The van der Waals surface area contributed by atoms with Crippen LogP contribution >= 0.6 is 0 Å². The van der Waals surface area contributed by atoms with Crippen LogP contribution in [-0.4, -0.2) is 28.7 Å². The van der Waals surface area contributed by atoms with Crippen molar-refractivity contribution in [2.75, 3.05) is 0 Å². The Bertz CT molecular complexity index is 1620. The van der Waals surface area contributed by atoms with Gasteiger partial charge in [-0.2, -0.15) is 0 Å². The average Bonchev–Trinajstić information content (AvgIpc) is 3.81. The third-order valence-corrected chi connectivity index (χ3v) is 6.66. The van der Waals surface area contributed by atoms with Gasteiger partial charge in [-0.15, -0.1) is 0 Å². The Balaban J connectivity index is 1.39. The molecule has 0 bridgehead atoms. The van der Waals surface area contributed by atoms with Crippen LogP contribution < -0.4 is 0 Å². The van der Waals surface area contributed by atoms with Gasteiger partial charge in [-0.3, -0.25) is 0 Å². The maximum Gasteiger partial charge on any atom is 0.164 e. The Hall–Kier alpha value is -5.49. The Labute approximate surface area is 226 Å². The van der Waals surface area contributed by atoms with Crippen molar-refractivity contribution in [3.63, 3.8) is 0 Å². The lowest BCUT2D eigenvalue weighted by atomic mass is 10.1. The fourth-order valence-corrected chi connectivity index (χ4v) is 4.70. The van der Waals surface area contributed by atoms with E-state index < -0.39 is 0 Å². The van der Waals surface area contributed by atoms with Crippen molar-refractivity contribution >= 4 is 0 Å². The van der Waals surface area contributed by atoms with Crippen LogP contribution in [0.5, 0.6) is 0 Å². The average molecular weight is 505 g/mol. The molecule has 4 heterocycles. The third-order valence-electron chi connectivity index (χ3n) is 6.66. The molecule has 3 aromatic carbocycles. The van der Waals surface area contributed by atoms with Gasteiger partial charge in [0.05, 0.1) is 0 Å². The molecule has 0 atom stereocenters. The lowest BCUT2D eigenvalue weighted by Gasteiger charge is -2.12. The van der Waals surface area contributed by atoms with Crippen LogP contribution in [0.1, 0.15) is 0 Å². The van der Waals surface area contributed by atoms with Crippen molar-refractivity contribution in [2.24, 2.45) is 0 Å². The van der Waals surface area contributed by atoms with Gasteiger partial charge in [0.15, 0.2) is 17.5 Å². The van der Waals surface area contributed by atoms with E-state index in [2.05, 4.69) is 50.1 Å². The molecule has 0 saturated carbocycles. The Kier molecular flexibility index (Phi) is 5.68. The van der Waals surface area contributed by atoms with E-state index in [4.69, 9.17) is 15.0 Å². The first kappa shape index (κ1) is 22.7. The van der Waals surface area contributed by atoms with E-state index >= 15 is 0 Å². The van der Waals surface area contributed by atoms with Gasteiger partial charge in [-0.25, -0.2) is 15.0 Å². The molecule has 0 spiro atoms. The van der Waals surface area contributed by atoms with Gasteiger partial charge in [0, 0.05) is 70.9 Å². The standard InChI is InChI=1S/C33H24N6/c1-2-17-37(16-1)28-13-7-10-25(22-28)31-34-32(26-11-8-14-29(23-26)38-18-3-4-19-38)36-33(35-31)27-12-9-15-30(24-27)39-20-5-6-21-39/h1-24H. The van der Waals surface area contributed by atoms with Gasteiger partial charge >= 0.3 is 0 Å². The van der Waals surface area contributed by atoms with E-state index in [1.54, 1.807) is 0 Å². The number of nitrogens with zero attached hydrogens (tertiary/aromatic N) is 6. The summed E-state index contributed by atoms with van der Waals surface area (Å²) in [6.45, 7) is 0. The minimum absolute atomic E-state index is 0.627. The summed E-state index contributed by atoms with van der Waals surface area (Å²) in [6, 6.07) is 36.9. The number of rotatable bonds is 6. The maximum absolute atomic E-state index is 4.97. The van der Waals surface area contributed by atoms with Crippen molar-refractivity contribution in [1.29, 1.82) is 0 Å². The number of hydrogen-bond acceptors (Lipinski definition) is 3. The summed E-state index contributed by atoms with van der Waals surface area (Å²) in [6.07, 6.45) is 12.2. The summed E-state index contributed by atoms with van der Waals surface area (Å²) in [5.41, 5.74) is 5.92. The van der Waals surface area contributed by atoms with Gasteiger partial charge in [-0.1, -0.05) is 36.4 Å². The predicted octanol–water partition coefficient (Wildman–Crippen LogP) is 7.24. The second-order valence-electron chi connectivity index (χ2n) is 9.23. The monoisotopic (exact) mass is 504 g/mol. The van der Waals surface area contributed by atoms with Gasteiger partial charge < -0.3 is 13.7 Å². The first-order valence-electron chi connectivity index (χ1n) is 12.8. The molecule has 0 aliphatic carbocycles. The summed E-state index contributed by atoms with van der Waals surface area (Å²) in [7, 11) is 0. The van der Waals surface area contributed by atoms with Crippen molar-refractivity contribution in [3.05, 3.63) is 146 Å². The number of benzene rings is 3. The summed E-state index contributed by atoms with van der Waals surface area (Å²) < 4.78 is 6.23. The molecule has 0 aliphatic heterocycles. The Morgan fingerprint density at radius 1 is 0.333 bits per heavy atom. The van der Waals surface area contributed by atoms with Crippen LogP contribution in [-0.2, 0) is 0 Å². The smallest absolute Gasteiger partial charge is 0.164 e. The minimum Gasteiger partial charge on any atom is -0.324 e. The van der Waals surface area contributed by atoms with Gasteiger partial charge in [0.1, 0.15) is 0 Å². The number of hydrogen-bond donors (Lipinski definition) is 0. The Morgan fingerprint density at radius 2 is 0.615 bits per heavy atom. The lowest BCUT2D eigenvalue weighted by Crippen LogP contribution is -2.02. The highest BCUT2D eigenvalue weighted by atomic mass is 15.0. The first-order chi connectivity index (χ1) is 19.3. The van der Waals surface area contributed by atoms with Crippen LogP contribution in [0.15, 0.2) is 146 Å². The zero-order valence-corrected chi connectivity index (χ0v) is 21.0. The van der Waals surface area contributed by atoms with Crippen LogP contribution in [0.3, 0.4) is 0 Å². The molecule has 0 radical (unpaired) electrons. The highest BCUT2D eigenvalue weighted by Gasteiger charge is 2.14. The first-order valence-corrected chi connectivity index (χ1v) is 12.8. The van der Waals surface area contributed by atoms with Gasteiger partial charge in [0.2, 0.25) is 0 Å². The molecule has 0 aliphatic rings. The highest BCUT2D eigenvalue weighted by molar-refractivity contribution is 5.69. The Morgan fingerprint density at radius 3 is 0.897 bits per heavy atom. The highest BCUT2D eigenvalue weighted by Crippen LogP contribution is 2.28. The largest absolute Gasteiger partial charge is 0.324 e. The predicted molar refractivity (Wildman–Crippen MR) is 154 cm³/mol. The zero-order valence-electron chi connectivity index (χ0n) is 21.0. The summed E-state index contributed by atoms with van der Waals surface area (Å²) in [4.78, 5) is 14.9. The zero-order chi connectivity index (χ0) is 26.0. The van der Waals surface area contributed by atoms with Crippen LogP contribution in [0, 0.1) is 0 Å². The second-order valence-corrected chi connectivity index (χ2v) is 9.23. The fraction of sp³-hybridized carbons (Fsp3) is 0. The van der Waals surface area contributed by atoms with Gasteiger partial charge in [0.25, 0.3) is 0 Å². The van der Waals surface area contributed by atoms with Crippen molar-refractivity contribution < 1.29 is 0 Å².